The second-order valence-electron chi connectivity index (χ2n) is 8.54. The number of aliphatic hydroxyl groups is 1. The number of aryl methyl sites for hydroxylation is 1. The van der Waals surface area contributed by atoms with Crippen LogP contribution in [0.15, 0.2) is 36.8 Å². The van der Waals surface area contributed by atoms with Gasteiger partial charge < -0.3 is 15.0 Å². The average Bonchev–Trinajstić information content (AvgIpc) is 3.43. The zero-order chi connectivity index (χ0) is 22.5. The Hall–Kier alpha value is -2.24. The van der Waals surface area contributed by atoms with Crippen molar-refractivity contribution < 1.29 is 18.1 Å². The van der Waals surface area contributed by atoms with Gasteiger partial charge in [-0.05, 0) is 55.0 Å². The number of nitrogens with one attached hydrogen (secondary N) is 2. The molecule has 0 amide bonds. The molecule has 11 heteroatoms. The zero-order valence-corrected chi connectivity index (χ0v) is 18.7. The van der Waals surface area contributed by atoms with Gasteiger partial charge in [0.25, 0.3) is 0 Å². The summed E-state index contributed by atoms with van der Waals surface area (Å²) in [5, 5.41) is 15.6. The van der Waals surface area contributed by atoms with E-state index in [9.17, 15) is 13.5 Å². The van der Waals surface area contributed by atoms with Crippen molar-refractivity contribution in [1.29, 1.82) is 0 Å². The van der Waals surface area contributed by atoms with Crippen LogP contribution >= 0.6 is 11.6 Å². The predicted octanol–water partition coefficient (Wildman–Crippen LogP) is 2.89. The van der Waals surface area contributed by atoms with Crippen LogP contribution in [-0.2, 0) is 16.7 Å². The van der Waals surface area contributed by atoms with Crippen LogP contribution in [0.25, 0.3) is 11.0 Å². The highest BCUT2D eigenvalue weighted by Crippen LogP contribution is 2.39. The van der Waals surface area contributed by atoms with Gasteiger partial charge in [-0.3, -0.25) is 4.55 Å². The largest absolute Gasteiger partial charge is 0.393 e. The topological polar surface area (TPSA) is 129 Å². The molecule has 2 heterocycles. The Balaban J connectivity index is 1.36. The number of aliphatic hydroxyl groups excluding tert-OH is 1. The number of anilines is 1. The SMILES string of the molecule is O=S(=O)(O)NC[C@@H]1C[C@@H](n2ccc3c(N[C@H]4CCc5cc(Cl)ccc54)ncnc32)C[C@@H]1O. The Labute approximate surface area is 190 Å². The highest BCUT2D eigenvalue weighted by molar-refractivity contribution is 7.83. The van der Waals surface area contributed by atoms with E-state index in [-0.39, 0.29) is 24.5 Å². The number of benzene rings is 1. The van der Waals surface area contributed by atoms with Gasteiger partial charge in [0.05, 0.1) is 17.5 Å². The lowest BCUT2D eigenvalue weighted by atomic mass is 10.1. The van der Waals surface area contributed by atoms with Crippen LogP contribution < -0.4 is 10.0 Å². The molecule has 2 aliphatic rings. The average molecular weight is 478 g/mol. The van der Waals surface area contributed by atoms with Gasteiger partial charge in [-0.1, -0.05) is 17.7 Å². The van der Waals surface area contributed by atoms with Gasteiger partial charge >= 0.3 is 10.3 Å². The number of hydrogen-bond acceptors (Lipinski definition) is 6. The zero-order valence-electron chi connectivity index (χ0n) is 17.1. The van der Waals surface area contributed by atoms with E-state index in [1.165, 1.54) is 17.5 Å². The van der Waals surface area contributed by atoms with Crippen LogP contribution in [0, 0.1) is 5.92 Å². The maximum atomic E-state index is 11.0. The number of hydrogen-bond donors (Lipinski definition) is 4. The lowest BCUT2D eigenvalue weighted by Gasteiger charge is -2.17. The molecule has 1 saturated carbocycles. The monoisotopic (exact) mass is 477 g/mol. The normalized spacial score (nSPS) is 25.3. The van der Waals surface area contributed by atoms with Crippen LogP contribution in [0.2, 0.25) is 5.02 Å². The van der Waals surface area contributed by atoms with Crippen molar-refractivity contribution in [2.24, 2.45) is 5.92 Å². The number of fused-ring (bicyclic) bond motifs is 2. The van der Waals surface area contributed by atoms with Crippen molar-refractivity contribution in [3.8, 4) is 0 Å². The molecule has 0 radical (unpaired) electrons. The summed E-state index contributed by atoms with van der Waals surface area (Å²) >= 11 is 6.13. The number of aromatic nitrogens is 3. The van der Waals surface area contributed by atoms with E-state index >= 15 is 0 Å². The Morgan fingerprint density at radius 3 is 2.88 bits per heavy atom. The van der Waals surface area contributed by atoms with E-state index in [4.69, 9.17) is 16.2 Å². The van der Waals surface area contributed by atoms with Crippen molar-refractivity contribution in [1.82, 2.24) is 19.3 Å². The molecule has 0 aliphatic heterocycles. The molecule has 0 unspecified atom stereocenters. The summed E-state index contributed by atoms with van der Waals surface area (Å²) in [6, 6.07) is 8.06. The number of halogens is 1. The van der Waals surface area contributed by atoms with Crippen LogP contribution in [0.4, 0.5) is 5.82 Å². The first-order valence-electron chi connectivity index (χ1n) is 10.5. The molecule has 0 bridgehead atoms. The van der Waals surface area contributed by atoms with Gasteiger partial charge in [-0.25, -0.2) is 9.97 Å². The summed E-state index contributed by atoms with van der Waals surface area (Å²) < 4.78 is 35.0. The lowest BCUT2D eigenvalue weighted by molar-refractivity contribution is 0.133. The fourth-order valence-corrected chi connectivity index (χ4v) is 5.63. The fourth-order valence-electron chi connectivity index (χ4n) is 5.01. The number of rotatable bonds is 6. The minimum atomic E-state index is -4.29. The molecule has 9 nitrogen and oxygen atoms in total. The molecule has 3 aromatic rings. The van der Waals surface area contributed by atoms with E-state index in [1.54, 1.807) is 0 Å². The van der Waals surface area contributed by atoms with Crippen molar-refractivity contribution in [3.05, 3.63) is 52.9 Å². The molecule has 32 heavy (non-hydrogen) atoms. The second kappa shape index (κ2) is 8.27. The van der Waals surface area contributed by atoms with E-state index < -0.39 is 16.4 Å². The minimum absolute atomic E-state index is 0.0113. The summed E-state index contributed by atoms with van der Waals surface area (Å²) in [6.07, 6.45) is 5.75. The smallest absolute Gasteiger partial charge is 0.333 e. The van der Waals surface area contributed by atoms with Crippen molar-refractivity contribution in [2.75, 3.05) is 11.9 Å². The maximum absolute atomic E-state index is 11.0. The van der Waals surface area contributed by atoms with Gasteiger partial charge in [0.15, 0.2) is 0 Å². The van der Waals surface area contributed by atoms with Crippen LogP contribution in [-0.4, -0.2) is 45.3 Å². The first-order chi connectivity index (χ1) is 15.3. The standard InChI is InChI=1S/C21H24ClN5O4S/c22-14-2-3-16-12(7-14)1-4-18(16)26-20-17-5-6-27(21(17)24-11-23-20)15-8-13(19(28)9-15)10-25-32(29,30)31/h2-3,5-7,11,13,15,18-19,25,28H,1,4,8-10H2,(H,23,24,26)(H,29,30,31)/t13-,15+,18-,19-/m0/s1. The number of nitrogens with zero attached hydrogens (tertiary/aromatic N) is 3. The fraction of sp³-hybridized carbons (Fsp3) is 0.429. The molecule has 2 aliphatic carbocycles. The van der Waals surface area contributed by atoms with E-state index in [0.29, 0.717) is 12.8 Å². The van der Waals surface area contributed by atoms with E-state index in [2.05, 4.69) is 26.1 Å². The third-order valence-electron chi connectivity index (χ3n) is 6.56. The highest BCUT2D eigenvalue weighted by Gasteiger charge is 2.35. The van der Waals surface area contributed by atoms with Gasteiger partial charge in [0.2, 0.25) is 0 Å². The quantitative estimate of drug-likeness (QED) is 0.401. The molecule has 0 saturated heterocycles. The Bertz CT molecular complexity index is 1260. The van der Waals surface area contributed by atoms with E-state index in [0.717, 1.165) is 34.7 Å². The molecule has 1 aromatic carbocycles. The first-order valence-corrected chi connectivity index (χ1v) is 12.4. The lowest BCUT2D eigenvalue weighted by Crippen LogP contribution is -2.31. The second-order valence-corrected chi connectivity index (χ2v) is 10.2. The summed E-state index contributed by atoms with van der Waals surface area (Å²) in [5.74, 6) is 0.463. The van der Waals surface area contributed by atoms with Gasteiger partial charge in [-0.2, -0.15) is 13.1 Å². The molecule has 2 aromatic heterocycles. The van der Waals surface area contributed by atoms with E-state index in [1.807, 2.05) is 29.0 Å². The Morgan fingerprint density at radius 2 is 2.06 bits per heavy atom. The van der Waals surface area contributed by atoms with Crippen LogP contribution in [0.5, 0.6) is 0 Å². The Morgan fingerprint density at radius 1 is 1.22 bits per heavy atom. The summed E-state index contributed by atoms with van der Waals surface area (Å²) in [4.78, 5) is 8.95. The molecule has 1 fully saturated rings. The molecule has 0 spiro atoms. The maximum Gasteiger partial charge on any atom is 0.333 e. The molecule has 5 rings (SSSR count). The third-order valence-corrected chi connectivity index (χ3v) is 7.32. The summed E-state index contributed by atoms with van der Waals surface area (Å²) in [6.45, 7) is -0.0113. The highest BCUT2D eigenvalue weighted by atomic mass is 35.5. The van der Waals surface area contributed by atoms with Crippen molar-refractivity contribution >= 4 is 38.8 Å². The van der Waals surface area contributed by atoms with Crippen molar-refractivity contribution in [3.63, 3.8) is 0 Å². The Kier molecular flexibility index (Phi) is 5.58. The summed E-state index contributed by atoms with van der Waals surface area (Å²) in [5.41, 5.74) is 3.24. The van der Waals surface area contributed by atoms with Gasteiger partial charge in [0, 0.05) is 29.7 Å². The molecular weight excluding hydrogens is 454 g/mol. The molecule has 4 N–H and O–H groups in total. The minimum Gasteiger partial charge on any atom is -0.393 e. The predicted molar refractivity (Wildman–Crippen MR) is 121 cm³/mol. The van der Waals surface area contributed by atoms with Gasteiger partial charge in [-0.15, -0.1) is 0 Å². The van der Waals surface area contributed by atoms with Crippen molar-refractivity contribution in [2.45, 2.75) is 43.9 Å². The molecular formula is C21H24ClN5O4S. The van der Waals surface area contributed by atoms with Gasteiger partial charge in [0.1, 0.15) is 17.8 Å². The van der Waals surface area contributed by atoms with Crippen LogP contribution in [0.1, 0.15) is 42.5 Å². The van der Waals surface area contributed by atoms with Crippen LogP contribution in [0.3, 0.4) is 0 Å². The first kappa shape index (κ1) is 21.6. The molecule has 170 valence electrons. The summed E-state index contributed by atoms with van der Waals surface area (Å²) in [7, 11) is -4.29. The molecule has 4 atom stereocenters. The third kappa shape index (κ3) is 4.20.